The largest absolute Gasteiger partial charge is 0.336 e. The zero-order chi connectivity index (χ0) is 22.2. The molecular formula is C23H33N3O4S. The number of sulfonamides is 1. The summed E-state index contributed by atoms with van der Waals surface area (Å²) in [7, 11) is -3.65. The topological polar surface area (TPSA) is 78.0 Å². The molecule has 3 heterocycles. The van der Waals surface area contributed by atoms with E-state index in [-0.39, 0.29) is 30.2 Å². The quantitative estimate of drug-likeness (QED) is 0.669. The first-order valence-corrected chi connectivity index (χ1v) is 13.3. The minimum absolute atomic E-state index is 0.0879. The van der Waals surface area contributed by atoms with Crippen LogP contribution in [0.1, 0.15) is 54.9 Å². The third-order valence-electron chi connectivity index (χ3n) is 6.99. The van der Waals surface area contributed by atoms with Gasteiger partial charge in [0.25, 0.3) is 5.91 Å². The van der Waals surface area contributed by atoms with Crippen molar-refractivity contribution in [3.63, 3.8) is 0 Å². The SMILES string of the molecule is CCC[C@@H]1C(=O)N(S(C)(=O)=O)[C@@H]2CN(C(=O)c3ccc(CN4CCCCC4)cc3)C[C@@H]12. The maximum Gasteiger partial charge on any atom is 0.253 e. The number of likely N-dealkylation sites (tertiary alicyclic amines) is 2. The summed E-state index contributed by atoms with van der Waals surface area (Å²) >= 11 is 0. The van der Waals surface area contributed by atoms with Gasteiger partial charge in [-0.2, -0.15) is 0 Å². The number of rotatable bonds is 6. The number of piperidine rings is 1. The number of amides is 2. The van der Waals surface area contributed by atoms with Crippen LogP contribution < -0.4 is 0 Å². The van der Waals surface area contributed by atoms with E-state index < -0.39 is 16.1 Å². The summed E-state index contributed by atoms with van der Waals surface area (Å²) < 4.78 is 25.6. The van der Waals surface area contributed by atoms with E-state index in [4.69, 9.17) is 0 Å². The molecule has 1 aromatic carbocycles. The first-order chi connectivity index (χ1) is 14.8. The molecule has 8 heteroatoms. The number of carbonyl (C=O) groups excluding carboxylic acids is 2. The van der Waals surface area contributed by atoms with Crippen molar-refractivity contribution in [2.75, 3.05) is 32.4 Å². The van der Waals surface area contributed by atoms with Gasteiger partial charge in [0, 0.05) is 37.0 Å². The molecule has 0 N–H and O–H groups in total. The molecule has 31 heavy (non-hydrogen) atoms. The fraction of sp³-hybridized carbons (Fsp3) is 0.652. The predicted molar refractivity (Wildman–Crippen MR) is 119 cm³/mol. The van der Waals surface area contributed by atoms with Crippen molar-refractivity contribution in [2.45, 2.75) is 51.6 Å². The molecule has 0 saturated carbocycles. The molecule has 0 unspecified atom stereocenters. The summed E-state index contributed by atoms with van der Waals surface area (Å²) in [6.07, 6.45) is 6.35. The van der Waals surface area contributed by atoms with Crippen LogP contribution in [0.5, 0.6) is 0 Å². The highest BCUT2D eigenvalue weighted by Gasteiger charge is 2.55. The summed E-state index contributed by atoms with van der Waals surface area (Å²) in [5, 5.41) is 0. The van der Waals surface area contributed by atoms with Crippen molar-refractivity contribution in [2.24, 2.45) is 11.8 Å². The van der Waals surface area contributed by atoms with E-state index >= 15 is 0 Å². The smallest absolute Gasteiger partial charge is 0.253 e. The second-order valence-corrected chi connectivity index (χ2v) is 11.1. The molecule has 3 aliphatic heterocycles. The van der Waals surface area contributed by atoms with E-state index in [0.717, 1.165) is 36.6 Å². The molecule has 0 aromatic heterocycles. The zero-order valence-corrected chi connectivity index (χ0v) is 19.3. The second kappa shape index (κ2) is 8.90. The Labute approximate surface area is 185 Å². The van der Waals surface area contributed by atoms with Gasteiger partial charge in [0.05, 0.1) is 12.3 Å². The molecule has 3 saturated heterocycles. The van der Waals surface area contributed by atoms with Gasteiger partial charge in [-0.1, -0.05) is 31.9 Å². The van der Waals surface area contributed by atoms with Crippen LogP contribution in [0, 0.1) is 11.8 Å². The average Bonchev–Trinajstić information content (AvgIpc) is 3.26. The highest BCUT2D eigenvalue weighted by Crippen LogP contribution is 2.40. The number of hydrogen-bond donors (Lipinski definition) is 0. The van der Waals surface area contributed by atoms with Crippen LogP contribution in [-0.2, 0) is 21.4 Å². The molecular weight excluding hydrogens is 414 g/mol. The molecule has 1 aromatic rings. The van der Waals surface area contributed by atoms with E-state index in [0.29, 0.717) is 18.5 Å². The van der Waals surface area contributed by atoms with Crippen molar-refractivity contribution >= 4 is 21.8 Å². The first-order valence-electron chi connectivity index (χ1n) is 11.4. The van der Waals surface area contributed by atoms with E-state index in [9.17, 15) is 18.0 Å². The van der Waals surface area contributed by atoms with Gasteiger partial charge in [-0.3, -0.25) is 14.5 Å². The molecule has 3 atom stereocenters. The fourth-order valence-electron chi connectivity index (χ4n) is 5.50. The summed E-state index contributed by atoms with van der Waals surface area (Å²) in [5.41, 5.74) is 1.82. The first kappa shape index (κ1) is 22.3. The lowest BCUT2D eigenvalue weighted by Crippen LogP contribution is -2.43. The molecule has 4 rings (SSSR count). The van der Waals surface area contributed by atoms with Crippen molar-refractivity contribution in [1.29, 1.82) is 0 Å². The maximum atomic E-state index is 13.1. The van der Waals surface area contributed by atoms with Gasteiger partial charge in [-0.05, 0) is 50.0 Å². The second-order valence-electron chi connectivity index (χ2n) is 9.27. The van der Waals surface area contributed by atoms with Gasteiger partial charge in [0.2, 0.25) is 15.9 Å². The summed E-state index contributed by atoms with van der Waals surface area (Å²) in [5.74, 6) is -0.831. The Bertz CT molecular complexity index is 925. The van der Waals surface area contributed by atoms with Crippen molar-refractivity contribution in [3.8, 4) is 0 Å². The van der Waals surface area contributed by atoms with Crippen LogP contribution in [0.4, 0.5) is 0 Å². The Morgan fingerprint density at radius 3 is 2.35 bits per heavy atom. The summed E-state index contributed by atoms with van der Waals surface area (Å²) in [6.45, 7) is 5.87. The van der Waals surface area contributed by atoms with Crippen molar-refractivity contribution in [1.82, 2.24) is 14.1 Å². The van der Waals surface area contributed by atoms with Crippen LogP contribution >= 0.6 is 0 Å². The average molecular weight is 448 g/mol. The molecule has 7 nitrogen and oxygen atoms in total. The molecule has 0 radical (unpaired) electrons. The molecule has 2 amide bonds. The minimum atomic E-state index is -3.65. The number of hydrogen-bond acceptors (Lipinski definition) is 5. The monoisotopic (exact) mass is 447 g/mol. The van der Waals surface area contributed by atoms with Gasteiger partial charge < -0.3 is 4.90 Å². The van der Waals surface area contributed by atoms with Crippen LogP contribution in [-0.4, -0.2) is 72.8 Å². The zero-order valence-electron chi connectivity index (χ0n) is 18.5. The Morgan fingerprint density at radius 2 is 1.74 bits per heavy atom. The van der Waals surface area contributed by atoms with Crippen LogP contribution in [0.2, 0.25) is 0 Å². The molecule has 0 aliphatic carbocycles. The van der Waals surface area contributed by atoms with E-state index in [1.165, 1.54) is 24.8 Å². The third kappa shape index (κ3) is 4.51. The van der Waals surface area contributed by atoms with Crippen molar-refractivity contribution in [3.05, 3.63) is 35.4 Å². The number of nitrogens with zero attached hydrogens (tertiary/aromatic N) is 3. The molecule has 0 spiro atoms. The number of carbonyl (C=O) groups is 2. The summed E-state index contributed by atoms with van der Waals surface area (Å²) in [4.78, 5) is 30.1. The Hall–Kier alpha value is -1.93. The van der Waals surface area contributed by atoms with Crippen LogP contribution in [0.25, 0.3) is 0 Å². The Kier molecular flexibility index (Phi) is 6.40. The standard InChI is InChI=1S/C23H33N3O4S/c1-3-7-19-20-15-25(16-21(20)26(23(19)28)31(2,29)30)22(27)18-10-8-17(9-11-18)14-24-12-5-4-6-13-24/h8-11,19-21H,3-7,12-16H2,1-2H3/t19-,20-,21+/m0/s1. The van der Waals surface area contributed by atoms with E-state index in [1.54, 1.807) is 4.90 Å². The maximum absolute atomic E-state index is 13.1. The molecule has 3 fully saturated rings. The van der Waals surface area contributed by atoms with Gasteiger partial charge >= 0.3 is 0 Å². The molecule has 0 bridgehead atoms. The van der Waals surface area contributed by atoms with Gasteiger partial charge in [0.15, 0.2) is 0 Å². The minimum Gasteiger partial charge on any atom is -0.336 e. The lowest BCUT2D eigenvalue weighted by molar-refractivity contribution is -0.128. The number of fused-ring (bicyclic) bond motifs is 1. The van der Waals surface area contributed by atoms with Gasteiger partial charge in [-0.25, -0.2) is 12.7 Å². The highest BCUT2D eigenvalue weighted by molar-refractivity contribution is 7.88. The van der Waals surface area contributed by atoms with E-state index in [2.05, 4.69) is 4.90 Å². The molecule has 3 aliphatic rings. The lowest BCUT2D eigenvalue weighted by atomic mass is 9.89. The van der Waals surface area contributed by atoms with Crippen LogP contribution in [0.15, 0.2) is 24.3 Å². The Balaban J connectivity index is 1.45. The fourth-order valence-corrected chi connectivity index (χ4v) is 6.68. The van der Waals surface area contributed by atoms with E-state index in [1.807, 2.05) is 31.2 Å². The van der Waals surface area contributed by atoms with Gasteiger partial charge in [-0.15, -0.1) is 0 Å². The molecule has 170 valence electrons. The van der Waals surface area contributed by atoms with Crippen molar-refractivity contribution < 1.29 is 18.0 Å². The number of benzene rings is 1. The highest BCUT2D eigenvalue weighted by atomic mass is 32.2. The van der Waals surface area contributed by atoms with Gasteiger partial charge in [0.1, 0.15) is 0 Å². The van der Waals surface area contributed by atoms with Crippen LogP contribution in [0.3, 0.4) is 0 Å². The third-order valence-corrected chi connectivity index (χ3v) is 8.15. The summed E-state index contributed by atoms with van der Waals surface area (Å²) in [6, 6.07) is 7.34. The lowest BCUT2D eigenvalue weighted by Gasteiger charge is -2.26. The Morgan fingerprint density at radius 1 is 1.06 bits per heavy atom. The predicted octanol–water partition coefficient (Wildman–Crippen LogP) is 2.33. The normalized spacial score (nSPS) is 27.0.